The Labute approximate surface area is 194 Å². The van der Waals surface area contributed by atoms with Crippen LogP contribution in [0.3, 0.4) is 0 Å². The maximum atomic E-state index is 6.41. The van der Waals surface area contributed by atoms with Crippen LogP contribution in [-0.2, 0) is 0 Å². The minimum atomic E-state index is 0.620. The van der Waals surface area contributed by atoms with E-state index in [0.29, 0.717) is 12.3 Å². The van der Waals surface area contributed by atoms with Crippen LogP contribution in [0.5, 0.6) is 5.75 Å². The molecule has 1 aliphatic heterocycles. The number of aromatic amines is 1. The monoisotopic (exact) mass is 441 g/mol. The molecule has 5 rings (SSSR count). The Morgan fingerprint density at radius 2 is 1.85 bits per heavy atom. The summed E-state index contributed by atoms with van der Waals surface area (Å²) in [4.78, 5) is 10.3. The molecule has 0 amide bonds. The van der Waals surface area contributed by atoms with E-state index in [1.165, 1.54) is 36.9 Å². The first-order valence-corrected chi connectivity index (χ1v) is 11.6. The van der Waals surface area contributed by atoms with Crippen molar-refractivity contribution in [1.82, 2.24) is 14.9 Å². The number of nitrogens with zero attached hydrogens (tertiary/aromatic N) is 2. The van der Waals surface area contributed by atoms with Gasteiger partial charge in [0.2, 0.25) is 0 Å². The average Bonchev–Trinajstić information content (AvgIpc) is 3.51. The molecule has 2 aromatic carbocycles. The van der Waals surface area contributed by atoms with Crippen LogP contribution in [0.25, 0.3) is 22.0 Å². The zero-order valence-electron chi connectivity index (χ0n) is 19.3. The summed E-state index contributed by atoms with van der Waals surface area (Å²) in [6.07, 6.45) is 6.29. The maximum Gasteiger partial charge on any atom is 0.119 e. The van der Waals surface area contributed by atoms with Gasteiger partial charge in [-0.1, -0.05) is 12.1 Å². The normalized spacial score (nSPS) is 14.1. The molecule has 33 heavy (non-hydrogen) atoms. The lowest BCUT2D eigenvalue weighted by Crippen LogP contribution is -2.25. The van der Waals surface area contributed by atoms with Gasteiger partial charge in [-0.15, -0.1) is 0 Å². The van der Waals surface area contributed by atoms with Crippen LogP contribution >= 0.6 is 0 Å². The Kier molecular flexibility index (Phi) is 5.92. The molecule has 1 fully saturated rings. The summed E-state index contributed by atoms with van der Waals surface area (Å²) >= 11 is 0. The molecule has 0 saturated carbocycles. The molecule has 0 aliphatic carbocycles. The molecule has 0 unspecified atom stereocenters. The predicted octanol–water partition coefficient (Wildman–Crippen LogP) is 5.65. The molecule has 6 nitrogen and oxygen atoms in total. The first-order valence-electron chi connectivity index (χ1n) is 11.6. The highest BCUT2D eigenvalue weighted by Crippen LogP contribution is 2.38. The van der Waals surface area contributed by atoms with Crippen LogP contribution in [0.4, 0.5) is 17.1 Å². The third kappa shape index (κ3) is 4.39. The van der Waals surface area contributed by atoms with E-state index in [9.17, 15) is 0 Å². The molecule has 2 aromatic heterocycles. The summed E-state index contributed by atoms with van der Waals surface area (Å²) in [5.74, 6) is 0.885. The van der Waals surface area contributed by atoms with Gasteiger partial charge in [-0.3, -0.25) is 9.88 Å². The zero-order valence-corrected chi connectivity index (χ0v) is 19.3. The van der Waals surface area contributed by atoms with E-state index < -0.39 is 0 Å². The quantitative estimate of drug-likeness (QED) is 0.345. The molecule has 6 heteroatoms. The van der Waals surface area contributed by atoms with Gasteiger partial charge in [-0.2, -0.15) is 0 Å². The molecule has 3 heterocycles. The van der Waals surface area contributed by atoms with Crippen molar-refractivity contribution >= 4 is 28.0 Å². The summed E-state index contributed by atoms with van der Waals surface area (Å²) in [6.45, 7) is 8.22. The van der Waals surface area contributed by atoms with E-state index in [1.807, 2.05) is 25.3 Å². The number of rotatable bonds is 7. The van der Waals surface area contributed by atoms with Gasteiger partial charge in [0.1, 0.15) is 12.4 Å². The topological polar surface area (TPSA) is 79.2 Å². The number of H-pyrrole nitrogens is 1. The number of aryl methyl sites for hydroxylation is 2. The van der Waals surface area contributed by atoms with Gasteiger partial charge in [0.15, 0.2) is 0 Å². The first kappa shape index (κ1) is 21.3. The van der Waals surface area contributed by atoms with E-state index >= 15 is 0 Å². The van der Waals surface area contributed by atoms with Gasteiger partial charge in [-0.05, 0) is 81.2 Å². The Morgan fingerprint density at radius 1 is 1.06 bits per heavy atom. The van der Waals surface area contributed by atoms with Crippen LogP contribution in [-0.4, -0.2) is 41.1 Å². The van der Waals surface area contributed by atoms with E-state index in [1.54, 1.807) is 6.20 Å². The van der Waals surface area contributed by atoms with Crippen molar-refractivity contribution in [3.63, 3.8) is 0 Å². The van der Waals surface area contributed by atoms with Gasteiger partial charge in [0.25, 0.3) is 0 Å². The molecule has 4 aromatic rings. The zero-order chi connectivity index (χ0) is 22.8. The first-order chi connectivity index (χ1) is 16.1. The molecule has 170 valence electrons. The number of likely N-dealkylation sites (tertiary alicyclic amines) is 1. The van der Waals surface area contributed by atoms with E-state index in [2.05, 4.69) is 57.4 Å². The predicted molar refractivity (Wildman–Crippen MR) is 136 cm³/mol. The van der Waals surface area contributed by atoms with Gasteiger partial charge in [0.05, 0.1) is 17.6 Å². The largest absolute Gasteiger partial charge is 0.492 e. The number of pyridine rings is 1. The Hall–Kier alpha value is -3.51. The number of nitrogens with two attached hydrogens (primary N) is 1. The van der Waals surface area contributed by atoms with Gasteiger partial charge >= 0.3 is 0 Å². The molecule has 0 spiro atoms. The number of benzene rings is 2. The summed E-state index contributed by atoms with van der Waals surface area (Å²) in [6, 6.07) is 14.5. The smallest absolute Gasteiger partial charge is 0.119 e. The third-order valence-corrected chi connectivity index (χ3v) is 6.58. The highest BCUT2D eigenvalue weighted by atomic mass is 16.5. The summed E-state index contributed by atoms with van der Waals surface area (Å²) < 4.78 is 5.99. The van der Waals surface area contributed by atoms with Gasteiger partial charge in [0, 0.05) is 40.6 Å². The van der Waals surface area contributed by atoms with Crippen LogP contribution < -0.4 is 15.8 Å². The van der Waals surface area contributed by atoms with Crippen molar-refractivity contribution in [3.05, 3.63) is 66.1 Å². The fourth-order valence-electron chi connectivity index (χ4n) is 4.68. The lowest BCUT2D eigenvalue weighted by Gasteiger charge is -2.19. The second kappa shape index (κ2) is 9.16. The SMILES string of the molecule is Cc1ncc(N)c(Nc2ccc3[nH]ccc3c2C)c1-c1ccc(OCCN2CCCC2)cc1. The second-order valence-electron chi connectivity index (χ2n) is 8.77. The number of nitrogen functional groups attached to an aromatic ring is 1. The number of fused-ring (bicyclic) bond motifs is 1. The maximum absolute atomic E-state index is 6.41. The molecule has 1 saturated heterocycles. The third-order valence-electron chi connectivity index (χ3n) is 6.58. The number of ether oxygens (including phenoxy) is 1. The lowest BCUT2D eigenvalue weighted by molar-refractivity contribution is 0.238. The van der Waals surface area contributed by atoms with E-state index in [0.717, 1.165) is 46.0 Å². The Balaban J connectivity index is 1.39. The molecule has 0 radical (unpaired) electrons. The van der Waals surface area contributed by atoms with E-state index in [-0.39, 0.29) is 0 Å². The molecular formula is C27H31N5O. The van der Waals surface area contributed by atoms with Crippen molar-refractivity contribution in [2.75, 3.05) is 37.3 Å². The summed E-state index contributed by atoms with van der Waals surface area (Å²) in [7, 11) is 0. The van der Waals surface area contributed by atoms with Crippen molar-refractivity contribution in [3.8, 4) is 16.9 Å². The number of anilines is 3. The highest BCUT2D eigenvalue weighted by molar-refractivity contribution is 5.94. The summed E-state index contributed by atoms with van der Waals surface area (Å²) in [5.41, 5.74) is 14.2. The van der Waals surface area contributed by atoms with Crippen molar-refractivity contribution in [1.29, 1.82) is 0 Å². The fraction of sp³-hybridized carbons (Fsp3) is 0.296. The van der Waals surface area contributed by atoms with Crippen molar-refractivity contribution in [2.45, 2.75) is 26.7 Å². The number of aromatic nitrogens is 2. The minimum absolute atomic E-state index is 0.620. The van der Waals surface area contributed by atoms with Gasteiger partial charge in [-0.25, -0.2) is 0 Å². The van der Waals surface area contributed by atoms with Crippen molar-refractivity contribution in [2.24, 2.45) is 0 Å². The molecule has 0 atom stereocenters. The number of hydrogen-bond acceptors (Lipinski definition) is 5. The summed E-state index contributed by atoms with van der Waals surface area (Å²) in [5, 5.41) is 4.79. The van der Waals surface area contributed by atoms with Crippen LogP contribution in [0, 0.1) is 13.8 Å². The Morgan fingerprint density at radius 3 is 2.64 bits per heavy atom. The lowest BCUT2D eigenvalue weighted by atomic mass is 10.0. The van der Waals surface area contributed by atoms with Gasteiger partial charge < -0.3 is 20.8 Å². The van der Waals surface area contributed by atoms with Crippen LogP contribution in [0.15, 0.2) is 54.9 Å². The standard InChI is InChI=1S/C27H31N5O/c1-18-22-11-12-29-25(22)10-9-24(18)31-27-23(28)17-30-19(2)26(27)20-5-7-21(8-6-20)33-16-15-32-13-3-4-14-32/h5-12,17,29H,3-4,13-16,28H2,1-2H3,(H,30,31). The molecule has 0 bridgehead atoms. The van der Waals surface area contributed by atoms with Crippen LogP contribution in [0.1, 0.15) is 24.1 Å². The molecule has 4 N–H and O–H groups in total. The minimum Gasteiger partial charge on any atom is -0.492 e. The van der Waals surface area contributed by atoms with Crippen LogP contribution in [0.2, 0.25) is 0 Å². The second-order valence-corrected chi connectivity index (χ2v) is 8.77. The van der Waals surface area contributed by atoms with E-state index in [4.69, 9.17) is 10.5 Å². The molecule has 1 aliphatic rings. The Bertz CT molecular complexity index is 1260. The average molecular weight is 442 g/mol. The fourth-order valence-corrected chi connectivity index (χ4v) is 4.68. The number of nitrogens with one attached hydrogen (secondary N) is 2. The highest BCUT2D eigenvalue weighted by Gasteiger charge is 2.16. The molecular weight excluding hydrogens is 410 g/mol. The van der Waals surface area contributed by atoms with Crippen molar-refractivity contribution < 1.29 is 4.74 Å². The number of hydrogen-bond donors (Lipinski definition) is 3.